The van der Waals surface area contributed by atoms with Gasteiger partial charge in [-0.15, -0.1) is 0 Å². The summed E-state index contributed by atoms with van der Waals surface area (Å²) in [6.45, 7) is 18.9. The standard InChI is InChI=1S/C31H47FN2O2/c1-19-26(29(35)33-23-17-36-18-23)20(2)34(16-21-12-10-9-11-13-21)28(19)22-14-24(30(3,4)5)27(32)25(15-22)31(6,7)8/h14-15,19,21,23,28H,9-13,16-18H2,1-8H3,(H,33,35). The lowest BCUT2D eigenvalue weighted by molar-refractivity contribution is -0.122. The molecule has 2 aliphatic heterocycles. The number of hydrogen-bond acceptors (Lipinski definition) is 3. The summed E-state index contributed by atoms with van der Waals surface area (Å²) in [5.41, 5.74) is 3.97. The molecule has 5 heteroatoms. The molecule has 1 amide bonds. The van der Waals surface area contributed by atoms with Crippen LogP contribution in [-0.2, 0) is 20.4 Å². The average molecular weight is 499 g/mol. The molecule has 0 spiro atoms. The van der Waals surface area contributed by atoms with Crippen molar-refractivity contribution in [3.63, 3.8) is 0 Å². The van der Waals surface area contributed by atoms with E-state index in [1.165, 1.54) is 32.1 Å². The molecule has 2 fully saturated rings. The van der Waals surface area contributed by atoms with Crippen molar-refractivity contribution >= 4 is 5.91 Å². The minimum atomic E-state index is -0.316. The Morgan fingerprint density at radius 3 is 2.06 bits per heavy atom. The molecule has 2 heterocycles. The van der Waals surface area contributed by atoms with Gasteiger partial charge >= 0.3 is 0 Å². The molecular weight excluding hydrogens is 451 g/mol. The normalized spacial score (nSPS) is 24.3. The molecule has 0 bridgehead atoms. The molecule has 3 aliphatic rings. The van der Waals surface area contributed by atoms with Crippen LogP contribution >= 0.6 is 0 Å². The van der Waals surface area contributed by atoms with E-state index in [1.807, 2.05) is 0 Å². The molecule has 2 atom stereocenters. The first-order valence-electron chi connectivity index (χ1n) is 14.0. The van der Waals surface area contributed by atoms with Crippen molar-refractivity contribution in [2.24, 2.45) is 11.8 Å². The number of benzene rings is 1. The maximum atomic E-state index is 15.9. The van der Waals surface area contributed by atoms with Crippen molar-refractivity contribution in [1.29, 1.82) is 0 Å². The Labute approximate surface area is 218 Å². The van der Waals surface area contributed by atoms with Crippen LogP contribution in [0.2, 0.25) is 0 Å². The van der Waals surface area contributed by atoms with Crippen molar-refractivity contribution in [2.45, 2.75) is 110 Å². The lowest BCUT2D eigenvalue weighted by Gasteiger charge is -2.37. The summed E-state index contributed by atoms with van der Waals surface area (Å²) in [4.78, 5) is 16.0. The van der Waals surface area contributed by atoms with Crippen LogP contribution in [0.3, 0.4) is 0 Å². The molecule has 1 saturated carbocycles. The van der Waals surface area contributed by atoms with Gasteiger partial charge in [0.15, 0.2) is 0 Å². The minimum absolute atomic E-state index is 0.0145. The SMILES string of the molecule is CC1=C(C(=O)NC2COC2)C(C)C(c2cc(C(C)(C)C)c(F)c(C(C)(C)C)c2)N1CC1CCCCC1. The Balaban J connectivity index is 1.79. The summed E-state index contributed by atoms with van der Waals surface area (Å²) in [6, 6.07) is 4.30. The third-order valence-electron chi connectivity index (χ3n) is 8.54. The first-order valence-corrected chi connectivity index (χ1v) is 14.0. The Morgan fingerprint density at radius 1 is 1.03 bits per heavy atom. The average Bonchev–Trinajstić information content (AvgIpc) is 2.99. The van der Waals surface area contributed by atoms with Crippen LogP contribution in [0.15, 0.2) is 23.4 Å². The quantitative estimate of drug-likeness (QED) is 0.486. The molecule has 200 valence electrons. The highest BCUT2D eigenvalue weighted by Crippen LogP contribution is 2.47. The van der Waals surface area contributed by atoms with Crippen molar-refractivity contribution in [3.8, 4) is 0 Å². The number of allylic oxidation sites excluding steroid dienone is 1. The lowest BCUT2D eigenvalue weighted by atomic mass is 9.77. The molecule has 4 nitrogen and oxygen atoms in total. The zero-order chi connectivity index (χ0) is 26.4. The smallest absolute Gasteiger partial charge is 0.249 e. The highest BCUT2D eigenvalue weighted by Gasteiger charge is 2.42. The second-order valence-electron chi connectivity index (χ2n) is 13.5. The summed E-state index contributed by atoms with van der Waals surface area (Å²) in [6.07, 6.45) is 6.39. The van der Waals surface area contributed by atoms with Gasteiger partial charge in [0, 0.05) is 23.7 Å². The third kappa shape index (κ3) is 5.37. The summed E-state index contributed by atoms with van der Waals surface area (Å²) < 4.78 is 21.2. The van der Waals surface area contributed by atoms with E-state index in [0.29, 0.717) is 19.1 Å². The molecule has 1 N–H and O–H groups in total. The first kappa shape index (κ1) is 27.2. The third-order valence-corrected chi connectivity index (χ3v) is 8.54. The number of hydrogen-bond donors (Lipinski definition) is 1. The number of amides is 1. The molecule has 4 rings (SSSR count). The Morgan fingerprint density at radius 2 is 1.58 bits per heavy atom. The van der Waals surface area contributed by atoms with Gasteiger partial charge in [-0.25, -0.2) is 4.39 Å². The zero-order valence-corrected chi connectivity index (χ0v) is 23.8. The maximum Gasteiger partial charge on any atom is 0.249 e. The van der Waals surface area contributed by atoms with Crippen LogP contribution in [-0.4, -0.2) is 36.6 Å². The van der Waals surface area contributed by atoms with Crippen molar-refractivity contribution in [3.05, 3.63) is 45.9 Å². The number of halogens is 1. The Hall–Kier alpha value is -1.88. The van der Waals surface area contributed by atoms with Gasteiger partial charge in [-0.05, 0) is 53.2 Å². The predicted molar refractivity (Wildman–Crippen MR) is 144 cm³/mol. The number of ether oxygens (including phenoxy) is 1. The molecule has 1 saturated heterocycles. The van der Waals surface area contributed by atoms with E-state index in [1.54, 1.807) is 0 Å². The number of carbonyl (C=O) groups is 1. The van der Waals surface area contributed by atoms with Crippen molar-refractivity contribution < 1.29 is 13.9 Å². The Bertz CT molecular complexity index is 971. The molecule has 1 aromatic carbocycles. The van der Waals surface area contributed by atoms with Gasteiger partial charge in [0.2, 0.25) is 5.91 Å². The maximum absolute atomic E-state index is 15.9. The van der Waals surface area contributed by atoms with Crippen molar-refractivity contribution in [2.75, 3.05) is 19.8 Å². The summed E-state index contributed by atoms with van der Waals surface area (Å²) in [5, 5.41) is 3.19. The van der Waals surface area contributed by atoms with Gasteiger partial charge in [-0.3, -0.25) is 4.79 Å². The summed E-state index contributed by atoms with van der Waals surface area (Å²) in [5.74, 6) is 0.589. The molecular formula is C31H47FN2O2. The predicted octanol–water partition coefficient (Wildman–Crippen LogP) is 6.78. The fraction of sp³-hybridized carbons (Fsp3) is 0.710. The molecule has 1 aromatic rings. The largest absolute Gasteiger partial charge is 0.377 e. The molecule has 36 heavy (non-hydrogen) atoms. The van der Waals surface area contributed by atoms with Crippen molar-refractivity contribution in [1.82, 2.24) is 10.2 Å². The molecule has 0 radical (unpaired) electrons. The van der Waals surface area contributed by atoms with E-state index < -0.39 is 0 Å². The van der Waals surface area contributed by atoms with Crippen LogP contribution in [0.4, 0.5) is 4.39 Å². The van der Waals surface area contributed by atoms with Gasteiger partial charge < -0.3 is 15.0 Å². The monoisotopic (exact) mass is 498 g/mol. The fourth-order valence-electron chi connectivity index (χ4n) is 6.35. The van der Waals surface area contributed by atoms with Crippen LogP contribution in [0.25, 0.3) is 0 Å². The van der Waals surface area contributed by atoms with Gasteiger partial charge in [-0.1, -0.05) is 79.9 Å². The van der Waals surface area contributed by atoms with Gasteiger partial charge in [-0.2, -0.15) is 0 Å². The van der Waals surface area contributed by atoms with Crippen LogP contribution in [0.5, 0.6) is 0 Å². The second kappa shape index (κ2) is 10.1. The lowest BCUT2D eigenvalue weighted by Crippen LogP contribution is -2.49. The second-order valence-corrected chi connectivity index (χ2v) is 13.5. The molecule has 0 aromatic heterocycles. The highest BCUT2D eigenvalue weighted by atomic mass is 19.1. The van der Waals surface area contributed by atoms with Gasteiger partial charge in [0.1, 0.15) is 5.82 Å². The number of carbonyl (C=O) groups excluding carboxylic acids is 1. The zero-order valence-electron chi connectivity index (χ0n) is 23.8. The van der Waals surface area contributed by atoms with Crippen LogP contribution in [0, 0.1) is 17.7 Å². The minimum Gasteiger partial charge on any atom is -0.377 e. The van der Waals surface area contributed by atoms with Crippen LogP contribution < -0.4 is 5.32 Å². The van der Waals surface area contributed by atoms with E-state index in [9.17, 15) is 4.79 Å². The Kier molecular flexibility index (Phi) is 7.63. The van der Waals surface area contributed by atoms with E-state index in [4.69, 9.17) is 4.74 Å². The van der Waals surface area contributed by atoms with Gasteiger partial charge in [0.25, 0.3) is 0 Å². The van der Waals surface area contributed by atoms with E-state index in [0.717, 1.165) is 34.5 Å². The van der Waals surface area contributed by atoms with Crippen LogP contribution in [0.1, 0.15) is 110 Å². The van der Waals surface area contributed by atoms with E-state index in [-0.39, 0.29) is 40.6 Å². The summed E-state index contributed by atoms with van der Waals surface area (Å²) >= 11 is 0. The summed E-state index contributed by atoms with van der Waals surface area (Å²) in [7, 11) is 0. The van der Waals surface area contributed by atoms with E-state index >= 15 is 4.39 Å². The fourth-order valence-corrected chi connectivity index (χ4v) is 6.35. The molecule has 1 aliphatic carbocycles. The topological polar surface area (TPSA) is 41.6 Å². The number of nitrogens with one attached hydrogen (secondary N) is 1. The van der Waals surface area contributed by atoms with Gasteiger partial charge in [0.05, 0.1) is 25.3 Å². The highest BCUT2D eigenvalue weighted by molar-refractivity contribution is 5.95. The number of rotatable bonds is 5. The number of nitrogens with zero attached hydrogens (tertiary/aromatic N) is 1. The van der Waals surface area contributed by atoms with E-state index in [2.05, 4.69) is 77.7 Å². The first-order chi connectivity index (χ1) is 16.8. The molecule has 2 unspecified atom stereocenters.